The third-order valence-corrected chi connectivity index (χ3v) is 5.42. The number of hydrogen-bond acceptors (Lipinski definition) is 4. The molecule has 2 amide bonds. The quantitative estimate of drug-likeness (QED) is 0.793. The predicted octanol–water partition coefficient (Wildman–Crippen LogP) is 1.15. The normalized spacial score (nSPS) is 22.8. The summed E-state index contributed by atoms with van der Waals surface area (Å²) in [4.78, 5) is 29.1. The highest BCUT2D eigenvalue weighted by Gasteiger charge is 2.49. The molecule has 3 rings (SSSR count). The number of benzene rings is 1. The molecule has 0 radical (unpaired) electrons. The SMILES string of the molecule is CCN1CCN(C(=O)C2CC2C(=O)NCCc2cccc(OC)c2)CC1. The van der Waals surface area contributed by atoms with Gasteiger partial charge in [-0.05, 0) is 37.1 Å². The number of nitrogens with one attached hydrogen (secondary N) is 1. The molecule has 0 spiro atoms. The Morgan fingerprint density at radius 1 is 1.19 bits per heavy atom. The summed E-state index contributed by atoms with van der Waals surface area (Å²) in [6, 6.07) is 7.85. The van der Waals surface area contributed by atoms with Gasteiger partial charge in [-0.15, -0.1) is 0 Å². The van der Waals surface area contributed by atoms with E-state index in [0.29, 0.717) is 13.0 Å². The minimum absolute atomic E-state index is 0.0124. The molecule has 1 heterocycles. The van der Waals surface area contributed by atoms with Crippen LogP contribution in [0.15, 0.2) is 24.3 Å². The maximum Gasteiger partial charge on any atom is 0.226 e. The smallest absolute Gasteiger partial charge is 0.226 e. The van der Waals surface area contributed by atoms with E-state index in [9.17, 15) is 9.59 Å². The Labute approximate surface area is 155 Å². The molecule has 26 heavy (non-hydrogen) atoms. The molecule has 0 aromatic heterocycles. The van der Waals surface area contributed by atoms with E-state index in [1.54, 1.807) is 7.11 Å². The third-order valence-electron chi connectivity index (χ3n) is 5.42. The molecular weight excluding hydrogens is 330 g/mol. The Bertz CT molecular complexity index is 641. The van der Waals surface area contributed by atoms with Crippen LogP contribution < -0.4 is 10.1 Å². The summed E-state index contributed by atoms with van der Waals surface area (Å²) in [5, 5.41) is 2.98. The van der Waals surface area contributed by atoms with Crippen molar-refractivity contribution in [1.82, 2.24) is 15.1 Å². The van der Waals surface area contributed by atoms with E-state index in [-0.39, 0.29) is 23.7 Å². The van der Waals surface area contributed by atoms with Crippen LogP contribution in [0.1, 0.15) is 18.9 Å². The van der Waals surface area contributed by atoms with Gasteiger partial charge >= 0.3 is 0 Å². The van der Waals surface area contributed by atoms with Crippen LogP contribution in [0.5, 0.6) is 5.75 Å². The van der Waals surface area contributed by atoms with E-state index < -0.39 is 0 Å². The molecule has 1 aromatic carbocycles. The number of rotatable bonds is 7. The van der Waals surface area contributed by atoms with Crippen molar-refractivity contribution in [1.29, 1.82) is 0 Å². The second-order valence-electron chi connectivity index (χ2n) is 7.10. The Balaban J connectivity index is 1.39. The fourth-order valence-corrected chi connectivity index (χ4v) is 3.57. The first-order chi connectivity index (χ1) is 12.6. The van der Waals surface area contributed by atoms with Gasteiger partial charge in [0.15, 0.2) is 0 Å². The zero-order valence-electron chi connectivity index (χ0n) is 15.7. The van der Waals surface area contributed by atoms with Gasteiger partial charge in [-0.2, -0.15) is 0 Å². The second-order valence-corrected chi connectivity index (χ2v) is 7.10. The molecule has 2 fully saturated rings. The Hall–Kier alpha value is -2.08. The third kappa shape index (κ3) is 4.55. The maximum atomic E-state index is 12.5. The van der Waals surface area contributed by atoms with Crippen molar-refractivity contribution in [3.05, 3.63) is 29.8 Å². The van der Waals surface area contributed by atoms with Crippen LogP contribution in [0.2, 0.25) is 0 Å². The zero-order chi connectivity index (χ0) is 18.5. The molecule has 2 aliphatic rings. The molecule has 1 aliphatic carbocycles. The van der Waals surface area contributed by atoms with Crippen molar-refractivity contribution < 1.29 is 14.3 Å². The molecule has 1 N–H and O–H groups in total. The lowest BCUT2D eigenvalue weighted by Crippen LogP contribution is -2.49. The topological polar surface area (TPSA) is 61.9 Å². The van der Waals surface area contributed by atoms with Crippen molar-refractivity contribution in [3.8, 4) is 5.75 Å². The summed E-state index contributed by atoms with van der Waals surface area (Å²) in [6.45, 7) is 7.20. The predicted molar refractivity (Wildman–Crippen MR) is 100.0 cm³/mol. The van der Waals surface area contributed by atoms with E-state index in [4.69, 9.17) is 4.74 Å². The van der Waals surface area contributed by atoms with Crippen molar-refractivity contribution in [2.75, 3.05) is 46.4 Å². The maximum absolute atomic E-state index is 12.5. The van der Waals surface area contributed by atoms with Crippen LogP contribution in [0, 0.1) is 11.8 Å². The van der Waals surface area contributed by atoms with Crippen LogP contribution in [-0.2, 0) is 16.0 Å². The zero-order valence-corrected chi connectivity index (χ0v) is 15.7. The number of carbonyl (C=O) groups excluding carboxylic acids is 2. The van der Waals surface area contributed by atoms with E-state index in [1.807, 2.05) is 29.2 Å². The summed E-state index contributed by atoms with van der Waals surface area (Å²) < 4.78 is 5.21. The summed E-state index contributed by atoms with van der Waals surface area (Å²) in [6.07, 6.45) is 1.45. The Kier molecular flexibility index (Phi) is 6.14. The molecule has 1 saturated carbocycles. The number of likely N-dealkylation sites (N-methyl/N-ethyl adjacent to an activating group) is 1. The Morgan fingerprint density at radius 2 is 1.96 bits per heavy atom. The number of ether oxygens (including phenoxy) is 1. The number of piperazine rings is 1. The van der Waals surface area contributed by atoms with Crippen molar-refractivity contribution in [2.24, 2.45) is 11.8 Å². The summed E-state index contributed by atoms with van der Waals surface area (Å²) in [7, 11) is 1.65. The highest BCUT2D eigenvalue weighted by molar-refractivity contribution is 5.92. The molecule has 0 bridgehead atoms. The fourth-order valence-electron chi connectivity index (χ4n) is 3.57. The number of carbonyl (C=O) groups is 2. The van der Waals surface area contributed by atoms with Crippen LogP contribution in [0.25, 0.3) is 0 Å². The average molecular weight is 359 g/mol. The highest BCUT2D eigenvalue weighted by Crippen LogP contribution is 2.40. The summed E-state index contributed by atoms with van der Waals surface area (Å²) in [5.41, 5.74) is 1.13. The van der Waals surface area contributed by atoms with Gasteiger partial charge in [-0.25, -0.2) is 0 Å². The lowest BCUT2D eigenvalue weighted by molar-refractivity contribution is -0.136. The highest BCUT2D eigenvalue weighted by atomic mass is 16.5. The number of amides is 2. The first kappa shape index (κ1) is 18.7. The van der Waals surface area contributed by atoms with Crippen LogP contribution in [-0.4, -0.2) is 68.0 Å². The number of methoxy groups -OCH3 is 1. The second kappa shape index (κ2) is 8.54. The number of nitrogens with zero attached hydrogens (tertiary/aromatic N) is 2. The molecule has 6 nitrogen and oxygen atoms in total. The minimum atomic E-state index is -0.142. The van der Waals surface area contributed by atoms with Crippen molar-refractivity contribution in [2.45, 2.75) is 19.8 Å². The molecule has 1 saturated heterocycles. The van der Waals surface area contributed by atoms with Crippen molar-refractivity contribution >= 4 is 11.8 Å². The minimum Gasteiger partial charge on any atom is -0.497 e. The van der Waals surface area contributed by atoms with Crippen LogP contribution in [0.4, 0.5) is 0 Å². The molecule has 1 aromatic rings. The van der Waals surface area contributed by atoms with Gasteiger partial charge in [-0.1, -0.05) is 19.1 Å². The van der Waals surface area contributed by atoms with Gasteiger partial charge < -0.3 is 19.9 Å². The van der Waals surface area contributed by atoms with Gasteiger partial charge in [0.1, 0.15) is 5.75 Å². The van der Waals surface area contributed by atoms with E-state index in [0.717, 1.165) is 50.5 Å². The molecule has 2 atom stereocenters. The van der Waals surface area contributed by atoms with E-state index in [2.05, 4.69) is 17.1 Å². The molecule has 142 valence electrons. The lowest BCUT2D eigenvalue weighted by Gasteiger charge is -2.34. The number of hydrogen-bond donors (Lipinski definition) is 1. The van der Waals surface area contributed by atoms with Crippen molar-refractivity contribution in [3.63, 3.8) is 0 Å². The molecule has 2 unspecified atom stereocenters. The summed E-state index contributed by atoms with van der Waals surface area (Å²) >= 11 is 0. The Morgan fingerprint density at radius 3 is 2.65 bits per heavy atom. The van der Waals surface area contributed by atoms with Gasteiger partial charge in [0.05, 0.1) is 18.9 Å². The van der Waals surface area contributed by atoms with Gasteiger partial charge in [0.2, 0.25) is 11.8 Å². The van der Waals surface area contributed by atoms with E-state index in [1.165, 1.54) is 0 Å². The van der Waals surface area contributed by atoms with Gasteiger partial charge in [-0.3, -0.25) is 9.59 Å². The van der Waals surface area contributed by atoms with E-state index >= 15 is 0 Å². The van der Waals surface area contributed by atoms with Gasteiger partial charge in [0.25, 0.3) is 0 Å². The van der Waals surface area contributed by atoms with Gasteiger partial charge in [0, 0.05) is 32.7 Å². The summed E-state index contributed by atoms with van der Waals surface area (Å²) in [5.74, 6) is 0.744. The first-order valence-electron chi connectivity index (χ1n) is 9.54. The molecule has 6 heteroatoms. The molecule has 1 aliphatic heterocycles. The average Bonchev–Trinajstić information content (AvgIpc) is 3.48. The van der Waals surface area contributed by atoms with Crippen LogP contribution >= 0.6 is 0 Å². The molecular formula is C20H29N3O3. The fraction of sp³-hybridized carbons (Fsp3) is 0.600. The monoisotopic (exact) mass is 359 g/mol. The first-order valence-corrected chi connectivity index (χ1v) is 9.54. The lowest BCUT2D eigenvalue weighted by atomic mass is 10.1. The largest absolute Gasteiger partial charge is 0.497 e. The van der Waals surface area contributed by atoms with Crippen LogP contribution in [0.3, 0.4) is 0 Å². The standard InChI is InChI=1S/C20H29N3O3/c1-3-22-9-11-23(12-10-22)20(25)18-14-17(18)19(24)21-8-7-15-5-4-6-16(13-15)26-2/h4-6,13,17-18H,3,7-12,14H2,1-2H3,(H,21,24).